The molecule has 0 aliphatic carbocycles. The van der Waals surface area contributed by atoms with Crippen LogP contribution in [-0.2, 0) is 6.54 Å². The number of hydrogen-bond donors (Lipinski definition) is 0. The average molecular weight is 254 g/mol. The summed E-state index contributed by atoms with van der Waals surface area (Å²) < 4.78 is 6.58. The van der Waals surface area contributed by atoms with Crippen LogP contribution in [0, 0.1) is 0 Å². The molecule has 4 nitrogen and oxygen atoms in total. The molecule has 0 aliphatic rings. The molecule has 0 spiro atoms. The standard InChI is InChI=1S/C12H12ClNO3/c1-3-14-9-5-4-8(11(15)7(2)13)6-10(9)17-12(14)16/h4-7H,3H2,1-2H3. The molecule has 0 saturated heterocycles. The molecule has 2 rings (SSSR count). The van der Waals surface area contributed by atoms with E-state index in [1.54, 1.807) is 25.1 Å². The van der Waals surface area contributed by atoms with Gasteiger partial charge in [0.15, 0.2) is 11.4 Å². The number of aromatic nitrogens is 1. The lowest BCUT2D eigenvalue weighted by Gasteiger charge is -2.02. The van der Waals surface area contributed by atoms with Crippen LogP contribution in [0.2, 0.25) is 0 Å². The van der Waals surface area contributed by atoms with Crippen LogP contribution >= 0.6 is 11.6 Å². The highest BCUT2D eigenvalue weighted by Crippen LogP contribution is 2.17. The van der Waals surface area contributed by atoms with E-state index in [0.717, 1.165) is 0 Å². The van der Waals surface area contributed by atoms with Crippen LogP contribution in [0.25, 0.3) is 11.1 Å². The molecule has 17 heavy (non-hydrogen) atoms. The molecule has 2 aromatic rings. The van der Waals surface area contributed by atoms with Gasteiger partial charge in [-0.3, -0.25) is 9.36 Å². The number of oxazole rings is 1. The molecule has 0 saturated carbocycles. The fourth-order valence-electron chi connectivity index (χ4n) is 1.75. The maximum Gasteiger partial charge on any atom is 0.419 e. The van der Waals surface area contributed by atoms with E-state index in [-0.39, 0.29) is 5.78 Å². The Morgan fingerprint density at radius 3 is 2.82 bits per heavy atom. The smallest absolute Gasteiger partial charge is 0.408 e. The van der Waals surface area contributed by atoms with Gasteiger partial charge in [-0.2, -0.15) is 0 Å². The van der Waals surface area contributed by atoms with E-state index in [0.29, 0.717) is 23.2 Å². The zero-order valence-corrected chi connectivity index (χ0v) is 10.3. The van der Waals surface area contributed by atoms with E-state index < -0.39 is 11.1 Å². The van der Waals surface area contributed by atoms with Crippen LogP contribution in [0.3, 0.4) is 0 Å². The first-order valence-electron chi connectivity index (χ1n) is 5.36. The topological polar surface area (TPSA) is 52.2 Å². The van der Waals surface area contributed by atoms with Crippen molar-refractivity contribution in [1.29, 1.82) is 0 Å². The molecule has 1 atom stereocenters. The second-order valence-electron chi connectivity index (χ2n) is 3.77. The Morgan fingerprint density at radius 1 is 1.53 bits per heavy atom. The van der Waals surface area contributed by atoms with Crippen molar-refractivity contribution in [3.05, 3.63) is 34.3 Å². The third-order valence-corrected chi connectivity index (χ3v) is 2.83. The van der Waals surface area contributed by atoms with Crippen molar-refractivity contribution in [2.45, 2.75) is 25.8 Å². The third kappa shape index (κ3) is 2.00. The minimum Gasteiger partial charge on any atom is -0.408 e. The SMILES string of the molecule is CCn1c(=O)oc2cc(C(=O)C(C)Cl)ccc21. The van der Waals surface area contributed by atoms with Gasteiger partial charge in [0, 0.05) is 12.1 Å². The van der Waals surface area contributed by atoms with Crippen LogP contribution in [0.15, 0.2) is 27.4 Å². The molecule has 0 amide bonds. The maximum absolute atomic E-state index is 11.7. The number of carbonyl (C=O) groups is 1. The summed E-state index contributed by atoms with van der Waals surface area (Å²) in [5, 5.41) is -0.590. The fraction of sp³-hybridized carbons (Fsp3) is 0.333. The Labute approximate surface area is 103 Å². The summed E-state index contributed by atoms with van der Waals surface area (Å²) in [4.78, 5) is 23.2. The number of aryl methyl sites for hydroxylation is 1. The number of rotatable bonds is 3. The summed E-state index contributed by atoms with van der Waals surface area (Å²) in [5.74, 6) is -0.591. The average Bonchev–Trinajstić information content (AvgIpc) is 2.61. The van der Waals surface area contributed by atoms with Crippen molar-refractivity contribution < 1.29 is 9.21 Å². The second kappa shape index (κ2) is 4.37. The van der Waals surface area contributed by atoms with E-state index in [9.17, 15) is 9.59 Å². The molecule has 1 aromatic heterocycles. The molecule has 0 N–H and O–H groups in total. The molecule has 1 unspecified atom stereocenters. The second-order valence-corrected chi connectivity index (χ2v) is 4.43. The first-order valence-corrected chi connectivity index (χ1v) is 5.80. The van der Waals surface area contributed by atoms with E-state index in [1.165, 1.54) is 4.57 Å². The normalized spacial score (nSPS) is 12.9. The van der Waals surface area contributed by atoms with Gasteiger partial charge in [0.25, 0.3) is 0 Å². The fourth-order valence-corrected chi connectivity index (χ4v) is 1.87. The largest absolute Gasteiger partial charge is 0.419 e. The lowest BCUT2D eigenvalue weighted by molar-refractivity contribution is 0.0992. The van der Waals surface area contributed by atoms with Gasteiger partial charge in [0.1, 0.15) is 0 Å². The number of Topliss-reactive ketones (excluding diaryl/α,β-unsaturated/α-hetero) is 1. The summed E-state index contributed by atoms with van der Waals surface area (Å²) in [5.41, 5.74) is 1.56. The Morgan fingerprint density at radius 2 is 2.24 bits per heavy atom. The number of nitrogens with zero attached hydrogens (tertiary/aromatic N) is 1. The first kappa shape index (κ1) is 11.9. The lowest BCUT2D eigenvalue weighted by Crippen LogP contribution is -2.12. The molecule has 0 bridgehead atoms. The number of ketones is 1. The molecule has 5 heteroatoms. The van der Waals surface area contributed by atoms with Gasteiger partial charge in [-0.1, -0.05) is 0 Å². The van der Waals surface area contributed by atoms with Crippen LogP contribution in [0.4, 0.5) is 0 Å². The molecular formula is C12H12ClNO3. The highest BCUT2D eigenvalue weighted by molar-refractivity contribution is 6.33. The van der Waals surface area contributed by atoms with Crippen LogP contribution in [-0.4, -0.2) is 15.7 Å². The van der Waals surface area contributed by atoms with E-state index >= 15 is 0 Å². The predicted molar refractivity (Wildman–Crippen MR) is 65.8 cm³/mol. The zero-order chi connectivity index (χ0) is 12.6. The number of hydrogen-bond acceptors (Lipinski definition) is 3. The number of halogens is 1. The van der Waals surface area contributed by atoms with Crippen molar-refractivity contribution in [3.8, 4) is 0 Å². The molecule has 1 heterocycles. The van der Waals surface area contributed by atoms with Gasteiger partial charge in [0.2, 0.25) is 0 Å². The molecular weight excluding hydrogens is 242 g/mol. The van der Waals surface area contributed by atoms with Crippen molar-refractivity contribution in [2.24, 2.45) is 0 Å². The van der Waals surface area contributed by atoms with E-state index in [1.807, 2.05) is 6.92 Å². The summed E-state index contributed by atoms with van der Waals surface area (Å²) in [6.45, 7) is 4.00. The molecule has 0 aliphatic heterocycles. The summed E-state index contributed by atoms with van der Waals surface area (Å²) >= 11 is 5.73. The minimum absolute atomic E-state index is 0.180. The lowest BCUT2D eigenvalue weighted by atomic mass is 10.1. The Balaban J connectivity index is 2.60. The minimum atomic E-state index is -0.590. The zero-order valence-electron chi connectivity index (χ0n) is 9.57. The van der Waals surface area contributed by atoms with Crippen molar-refractivity contribution in [3.63, 3.8) is 0 Å². The van der Waals surface area contributed by atoms with Gasteiger partial charge >= 0.3 is 5.76 Å². The molecule has 1 aromatic carbocycles. The monoisotopic (exact) mass is 253 g/mol. The number of fused-ring (bicyclic) bond motifs is 1. The Bertz CT molecular complexity index is 624. The number of carbonyl (C=O) groups excluding carboxylic acids is 1. The van der Waals surface area contributed by atoms with E-state index in [2.05, 4.69) is 0 Å². The van der Waals surface area contributed by atoms with Crippen molar-refractivity contribution >= 4 is 28.5 Å². The quantitative estimate of drug-likeness (QED) is 0.624. The number of benzene rings is 1. The Hall–Kier alpha value is -1.55. The van der Waals surface area contributed by atoms with E-state index in [4.69, 9.17) is 16.0 Å². The van der Waals surface area contributed by atoms with Crippen LogP contribution in [0.1, 0.15) is 24.2 Å². The maximum atomic E-state index is 11.7. The van der Waals surface area contributed by atoms with Gasteiger partial charge in [0.05, 0.1) is 10.9 Å². The molecule has 0 fully saturated rings. The summed E-state index contributed by atoms with van der Waals surface area (Å²) in [6.07, 6.45) is 0. The molecule has 90 valence electrons. The highest BCUT2D eigenvalue weighted by Gasteiger charge is 2.15. The van der Waals surface area contributed by atoms with Crippen LogP contribution < -0.4 is 5.76 Å². The number of alkyl halides is 1. The summed E-state index contributed by atoms with van der Waals surface area (Å²) in [7, 11) is 0. The van der Waals surface area contributed by atoms with Crippen LogP contribution in [0.5, 0.6) is 0 Å². The first-order chi connectivity index (χ1) is 8.04. The Kier molecular flexibility index (Phi) is 3.07. The third-order valence-electron chi connectivity index (χ3n) is 2.63. The van der Waals surface area contributed by atoms with Crippen molar-refractivity contribution in [2.75, 3.05) is 0 Å². The van der Waals surface area contributed by atoms with Gasteiger partial charge < -0.3 is 4.42 Å². The summed E-state index contributed by atoms with van der Waals surface area (Å²) in [6, 6.07) is 4.92. The van der Waals surface area contributed by atoms with Crippen molar-refractivity contribution in [1.82, 2.24) is 4.57 Å². The van der Waals surface area contributed by atoms with Gasteiger partial charge in [-0.05, 0) is 32.0 Å². The molecule has 0 radical (unpaired) electrons. The van der Waals surface area contributed by atoms with Gasteiger partial charge in [-0.15, -0.1) is 11.6 Å². The van der Waals surface area contributed by atoms with Gasteiger partial charge in [-0.25, -0.2) is 4.79 Å². The highest BCUT2D eigenvalue weighted by atomic mass is 35.5. The predicted octanol–water partition coefficient (Wildman–Crippen LogP) is 2.42.